The number of carbonyl (C=O) groups excluding carboxylic acids is 3. The molecule has 0 radical (unpaired) electrons. The molecule has 2 aromatic carbocycles. The van der Waals surface area contributed by atoms with E-state index in [0.717, 1.165) is 21.2 Å². The van der Waals surface area contributed by atoms with Crippen molar-refractivity contribution in [3.8, 4) is 0 Å². The van der Waals surface area contributed by atoms with Gasteiger partial charge >= 0.3 is 12.2 Å². The molecule has 212 valence electrons. The van der Waals surface area contributed by atoms with Gasteiger partial charge in [0, 0.05) is 36.2 Å². The van der Waals surface area contributed by atoms with Crippen molar-refractivity contribution in [3.63, 3.8) is 0 Å². The number of halogens is 3. The summed E-state index contributed by atoms with van der Waals surface area (Å²) in [4.78, 5) is 38.1. The predicted octanol–water partition coefficient (Wildman–Crippen LogP) is 6.81. The van der Waals surface area contributed by atoms with Crippen molar-refractivity contribution in [2.24, 2.45) is 0 Å². The molecule has 0 saturated heterocycles. The van der Waals surface area contributed by atoms with E-state index in [9.17, 15) is 23.2 Å². The lowest BCUT2D eigenvalue weighted by molar-refractivity contribution is 0.0213. The molecule has 0 unspecified atom stereocenters. The van der Waals surface area contributed by atoms with E-state index in [1.807, 2.05) is 20.8 Å². The molecule has 0 spiro atoms. The van der Waals surface area contributed by atoms with Crippen molar-refractivity contribution in [3.05, 3.63) is 68.2 Å². The molecule has 2 aromatic rings. The maximum absolute atomic E-state index is 13.4. The molecule has 0 fully saturated rings. The Morgan fingerprint density at radius 1 is 0.795 bits per heavy atom. The first-order valence-corrected chi connectivity index (χ1v) is 13.5. The Bertz CT molecular complexity index is 1250. The van der Waals surface area contributed by atoms with E-state index in [1.54, 1.807) is 25.7 Å². The Hall–Kier alpha value is -3.01. The fraction of sp³-hybridized carbons (Fsp3) is 0.483. The van der Waals surface area contributed by atoms with Gasteiger partial charge in [-0.25, -0.2) is 18.4 Å². The molecule has 39 heavy (non-hydrogen) atoms. The lowest BCUT2D eigenvalue weighted by Crippen LogP contribution is -2.40. The van der Waals surface area contributed by atoms with Crippen LogP contribution in [0.15, 0.2) is 28.7 Å². The molecule has 2 aliphatic heterocycles. The summed E-state index contributed by atoms with van der Waals surface area (Å²) in [6.45, 7) is 12.6. The van der Waals surface area contributed by atoms with Gasteiger partial charge in [-0.05, 0) is 101 Å². The molecule has 2 heterocycles. The van der Waals surface area contributed by atoms with Crippen LogP contribution >= 0.6 is 15.9 Å². The Balaban J connectivity index is 0.000000216. The van der Waals surface area contributed by atoms with Gasteiger partial charge in [0.2, 0.25) is 0 Å². The molecule has 10 heteroatoms. The monoisotopic (exact) mass is 608 g/mol. The minimum Gasteiger partial charge on any atom is -0.444 e. The SMILES string of the molecule is CC(C)(C)OC(=O)N1CCc2c(Br)cc(F)cc2C1.CC(C)(C)OC(=O)N1CCc2c(C=O)cc(F)cc2C1. The first kappa shape index (κ1) is 30.5. The molecule has 2 aliphatic rings. The highest BCUT2D eigenvalue weighted by Gasteiger charge is 2.28. The van der Waals surface area contributed by atoms with Crippen LogP contribution in [0.1, 0.15) is 74.2 Å². The number of rotatable bonds is 1. The van der Waals surface area contributed by atoms with Crippen LogP contribution in [0, 0.1) is 11.6 Å². The highest BCUT2D eigenvalue weighted by Crippen LogP contribution is 2.29. The van der Waals surface area contributed by atoms with Crippen LogP contribution in [0.4, 0.5) is 18.4 Å². The number of hydrogen-bond acceptors (Lipinski definition) is 5. The summed E-state index contributed by atoms with van der Waals surface area (Å²) < 4.78 is 38.2. The number of ether oxygens (including phenoxy) is 2. The van der Waals surface area contributed by atoms with Gasteiger partial charge < -0.3 is 19.3 Å². The van der Waals surface area contributed by atoms with Crippen LogP contribution in [0.25, 0.3) is 0 Å². The van der Waals surface area contributed by atoms with Crippen LogP contribution in [0.5, 0.6) is 0 Å². The summed E-state index contributed by atoms with van der Waals surface area (Å²) in [5.74, 6) is -0.756. The molecule has 0 bridgehead atoms. The Morgan fingerprint density at radius 3 is 1.69 bits per heavy atom. The summed E-state index contributed by atoms with van der Waals surface area (Å²) in [5, 5.41) is 0. The second kappa shape index (κ2) is 12.0. The number of nitrogens with zero attached hydrogens (tertiary/aromatic N) is 2. The van der Waals surface area contributed by atoms with Crippen molar-refractivity contribution >= 4 is 34.4 Å². The number of hydrogen-bond donors (Lipinski definition) is 0. The zero-order valence-corrected chi connectivity index (χ0v) is 24.8. The number of aldehydes is 1. The third-order valence-electron chi connectivity index (χ3n) is 6.01. The Morgan fingerprint density at radius 2 is 1.23 bits per heavy atom. The summed E-state index contributed by atoms with van der Waals surface area (Å²) >= 11 is 3.36. The lowest BCUT2D eigenvalue weighted by Gasteiger charge is -2.31. The van der Waals surface area contributed by atoms with E-state index in [0.29, 0.717) is 49.9 Å². The van der Waals surface area contributed by atoms with Crippen LogP contribution in [0.3, 0.4) is 0 Å². The average Bonchev–Trinajstić information content (AvgIpc) is 2.80. The lowest BCUT2D eigenvalue weighted by atomic mass is 9.95. The van der Waals surface area contributed by atoms with Crippen LogP contribution < -0.4 is 0 Å². The number of carbonyl (C=O) groups is 3. The third-order valence-corrected chi connectivity index (χ3v) is 6.72. The van der Waals surface area contributed by atoms with Gasteiger partial charge in [0.15, 0.2) is 0 Å². The van der Waals surface area contributed by atoms with Gasteiger partial charge in [-0.15, -0.1) is 0 Å². The standard InChI is InChI=1S/C15H18FNO3.C14H17BrFNO2/c1-15(2,3)20-14(19)17-5-4-13-10(8-17)6-12(16)7-11(13)9-18;1-14(2,3)19-13(18)17-5-4-11-9(8-17)6-10(16)7-12(11)15/h6-7,9H,4-5,8H2,1-3H3;6-7H,4-5,8H2,1-3H3. The van der Waals surface area contributed by atoms with Crippen LogP contribution in [0.2, 0.25) is 0 Å². The minimum absolute atomic E-state index is 0.267. The largest absolute Gasteiger partial charge is 0.444 e. The van der Waals surface area contributed by atoms with Gasteiger partial charge in [0.1, 0.15) is 29.1 Å². The molecule has 0 atom stereocenters. The van der Waals surface area contributed by atoms with Crippen molar-refractivity contribution in [2.75, 3.05) is 13.1 Å². The molecule has 0 aromatic heterocycles. The summed E-state index contributed by atoms with van der Waals surface area (Å²) in [5.41, 5.74) is 2.69. The van der Waals surface area contributed by atoms with Crippen LogP contribution in [-0.4, -0.2) is 52.6 Å². The van der Waals surface area contributed by atoms with Crippen molar-refractivity contribution in [2.45, 2.75) is 78.7 Å². The molecule has 4 rings (SSSR count). The van der Waals surface area contributed by atoms with Crippen molar-refractivity contribution < 1.29 is 32.6 Å². The van der Waals surface area contributed by atoms with Gasteiger partial charge in [-0.1, -0.05) is 15.9 Å². The maximum Gasteiger partial charge on any atom is 0.410 e. The normalized spacial score (nSPS) is 14.9. The smallest absolute Gasteiger partial charge is 0.410 e. The van der Waals surface area contributed by atoms with Gasteiger partial charge in [-0.3, -0.25) is 4.79 Å². The third kappa shape index (κ3) is 8.49. The number of amides is 2. The zero-order valence-electron chi connectivity index (χ0n) is 23.2. The zero-order chi connectivity index (χ0) is 29.1. The fourth-order valence-corrected chi connectivity index (χ4v) is 5.04. The molecule has 7 nitrogen and oxygen atoms in total. The Kier molecular flexibility index (Phi) is 9.41. The van der Waals surface area contributed by atoms with E-state index in [4.69, 9.17) is 9.47 Å². The fourth-order valence-electron chi connectivity index (χ4n) is 4.37. The second-order valence-corrected chi connectivity index (χ2v) is 12.4. The van der Waals surface area contributed by atoms with Crippen molar-refractivity contribution in [1.29, 1.82) is 0 Å². The summed E-state index contributed by atoms with van der Waals surface area (Å²) in [7, 11) is 0. The quantitative estimate of drug-likeness (QED) is 0.332. The van der Waals surface area contributed by atoms with E-state index < -0.39 is 23.1 Å². The van der Waals surface area contributed by atoms with Gasteiger partial charge in [-0.2, -0.15) is 0 Å². The molecular formula is C29H35BrF2N2O5. The topological polar surface area (TPSA) is 76.2 Å². The highest BCUT2D eigenvalue weighted by molar-refractivity contribution is 9.10. The maximum atomic E-state index is 13.4. The van der Waals surface area contributed by atoms with E-state index in [2.05, 4.69) is 15.9 Å². The van der Waals surface area contributed by atoms with E-state index in [1.165, 1.54) is 29.2 Å². The summed E-state index contributed by atoms with van der Waals surface area (Å²) in [6, 6.07) is 5.55. The van der Waals surface area contributed by atoms with Gasteiger partial charge in [0.05, 0.1) is 0 Å². The number of benzene rings is 2. The molecule has 0 N–H and O–H groups in total. The molecule has 0 saturated carbocycles. The first-order valence-electron chi connectivity index (χ1n) is 12.8. The molecule has 0 aliphatic carbocycles. The second-order valence-electron chi connectivity index (χ2n) is 11.6. The van der Waals surface area contributed by atoms with E-state index >= 15 is 0 Å². The minimum atomic E-state index is -0.562. The van der Waals surface area contributed by atoms with Crippen LogP contribution in [-0.2, 0) is 35.4 Å². The number of fused-ring (bicyclic) bond motifs is 2. The molecule has 2 amide bonds. The first-order chi connectivity index (χ1) is 18.1. The van der Waals surface area contributed by atoms with Gasteiger partial charge in [0.25, 0.3) is 0 Å². The Labute approximate surface area is 236 Å². The highest BCUT2D eigenvalue weighted by atomic mass is 79.9. The molecular weight excluding hydrogens is 574 g/mol. The average molecular weight is 610 g/mol. The summed E-state index contributed by atoms with van der Waals surface area (Å²) in [6.07, 6.45) is 1.13. The van der Waals surface area contributed by atoms with Crippen molar-refractivity contribution in [1.82, 2.24) is 9.80 Å². The predicted molar refractivity (Wildman–Crippen MR) is 147 cm³/mol. The van der Waals surface area contributed by atoms with E-state index in [-0.39, 0.29) is 18.5 Å².